The number of nitrogens with one attached hydrogen (secondary N) is 1. The van der Waals surface area contributed by atoms with Gasteiger partial charge in [-0.05, 0) is 37.0 Å². The predicted octanol–water partition coefficient (Wildman–Crippen LogP) is 4.39. The summed E-state index contributed by atoms with van der Waals surface area (Å²) in [6.45, 7) is 0. The Bertz CT molecular complexity index is 605. The average Bonchev–Trinajstić information content (AvgIpc) is 3.03. The third-order valence-corrected chi connectivity index (χ3v) is 3.93. The van der Waals surface area contributed by atoms with Gasteiger partial charge >= 0.3 is 0 Å². The van der Waals surface area contributed by atoms with E-state index in [0.29, 0.717) is 23.9 Å². The molecule has 1 aromatic carbocycles. The number of benzene rings is 1. The van der Waals surface area contributed by atoms with E-state index in [2.05, 4.69) is 10.3 Å². The van der Waals surface area contributed by atoms with Crippen LogP contribution in [0.25, 0.3) is 0 Å². The summed E-state index contributed by atoms with van der Waals surface area (Å²) in [5, 5.41) is 2.90. The molecule has 22 heavy (non-hydrogen) atoms. The Labute approximate surface area is 130 Å². The van der Waals surface area contributed by atoms with Gasteiger partial charge in [-0.3, -0.25) is 4.79 Å². The molecular formula is C18H20N2O2. The highest BCUT2D eigenvalue weighted by atomic mass is 16.5. The van der Waals surface area contributed by atoms with Crippen molar-refractivity contribution in [3.8, 4) is 11.6 Å². The van der Waals surface area contributed by atoms with Crippen molar-refractivity contribution >= 4 is 11.6 Å². The Morgan fingerprint density at radius 3 is 2.59 bits per heavy atom. The number of para-hydroxylation sites is 1. The summed E-state index contributed by atoms with van der Waals surface area (Å²) in [6.07, 6.45) is 7.11. The maximum absolute atomic E-state index is 12.0. The van der Waals surface area contributed by atoms with Crippen molar-refractivity contribution in [2.75, 3.05) is 5.32 Å². The lowest BCUT2D eigenvalue weighted by Gasteiger charge is -2.10. The highest BCUT2D eigenvalue weighted by molar-refractivity contribution is 5.90. The fourth-order valence-corrected chi connectivity index (χ4v) is 2.81. The van der Waals surface area contributed by atoms with Crippen LogP contribution in [-0.4, -0.2) is 10.9 Å². The summed E-state index contributed by atoms with van der Waals surface area (Å²) in [7, 11) is 0. The van der Waals surface area contributed by atoms with Crippen LogP contribution in [0.4, 0.5) is 5.69 Å². The second-order valence-electron chi connectivity index (χ2n) is 5.70. The van der Waals surface area contributed by atoms with E-state index >= 15 is 0 Å². The fraction of sp³-hybridized carbons (Fsp3) is 0.333. The second-order valence-corrected chi connectivity index (χ2v) is 5.70. The number of carbonyl (C=O) groups is 1. The van der Waals surface area contributed by atoms with Gasteiger partial charge in [0.2, 0.25) is 11.8 Å². The van der Waals surface area contributed by atoms with E-state index in [4.69, 9.17) is 4.74 Å². The number of hydrogen-bond donors (Lipinski definition) is 1. The molecule has 1 fully saturated rings. The number of rotatable bonds is 5. The van der Waals surface area contributed by atoms with Gasteiger partial charge in [-0.2, -0.15) is 0 Å². The zero-order valence-electron chi connectivity index (χ0n) is 12.5. The van der Waals surface area contributed by atoms with E-state index in [1.165, 1.54) is 25.7 Å². The lowest BCUT2D eigenvalue weighted by Crippen LogP contribution is -2.15. The number of carbonyl (C=O) groups excluding carboxylic acids is 1. The smallest absolute Gasteiger partial charge is 0.224 e. The summed E-state index contributed by atoms with van der Waals surface area (Å²) in [5.41, 5.74) is 0.711. The zero-order valence-corrected chi connectivity index (χ0v) is 12.5. The molecule has 4 heteroatoms. The molecule has 114 valence electrons. The lowest BCUT2D eigenvalue weighted by atomic mass is 10.0. The summed E-state index contributed by atoms with van der Waals surface area (Å²) in [6, 6.07) is 13.1. The van der Waals surface area contributed by atoms with E-state index in [1.807, 2.05) is 36.4 Å². The third kappa shape index (κ3) is 4.07. The van der Waals surface area contributed by atoms with E-state index in [0.717, 1.165) is 5.75 Å². The molecule has 2 aromatic rings. The summed E-state index contributed by atoms with van der Waals surface area (Å²) in [4.78, 5) is 16.2. The van der Waals surface area contributed by atoms with Crippen molar-refractivity contribution in [3.05, 3.63) is 48.7 Å². The molecule has 1 N–H and O–H groups in total. The van der Waals surface area contributed by atoms with Gasteiger partial charge in [-0.25, -0.2) is 4.98 Å². The number of nitrogens with zero attached hydrogens (tertiary/aromatic N) is 1. The van der Waals surface area contributed by atoms with Crippen molar-refractivity contribution < 1.29 is 9.53 Å². The van der Waals surface area contributed by atoms with Crippen LogP contribution < -0.4 is 10.1 Å². The number of anilines is 1. The van der Waals surface area contributed by atoms with Crippen LogP contribution in [0, 0.1) is 5.92 Å². The molecule has 3 rings (SSSR count). The van der Waals surface area contributed by atoms with Crippen molar-refractivity contribution in [1.82, 2.24) is 4.98 Å². The minimum absolute atomic E-state index is 0.0745. The van der Waals surface area contributed by atoms with Gasteiger partial charge in [-0.1, -0.05) is 31.0 Å². The largest absolute Gasteiger partial charge is 0.439 e. The highest BCUT2D eigenvalue weighted by Crippen LogP contribution is 2.28. The predicted molar refractivity (Wildman–Crippen MR) is 86.0 cm³/mol. The van der Waals surface area contributed by atoms with Gasteiger partial charge in [-0.15, -0.1) is 0 Å². The van der Waals surface area contributed by atoms with Crippen LogP contribution in [-0.2, 0) is 4.79 Å². The van der Waals surface area contributed by atoms with Gasteiger partial charge in [0.15, 0.2) is 0 Å². The standard InChI is InChI=1S/C18H20N2O2/c21-17(12-14-6-4-5-7-14)20-15-10-11-18(19-13-15)22-16-8-2-1-3-9-16/h1-3,8-11,13-14H,4-7,12H2,(H,20,21). The summed E-state index contributed by atoms with van der Waals surface area (Å²) < 4.78 is 5.62. The van der Waals surface area contributed by atoms with Crippen molar-refractivity contribution in [2.24, 2.45) is 5.92 Å². The number of ether oxygens (including phenoxy) is 1. The quantitative estimate of drug-likeness (QED) is 0.890. The number of pyridine rings is 1. The van der Waals surface area contributed by atoms with Crippen LogP contribution in [0.15, 0.2) is 48.7 Å². The van der Waals surface area contributed by atoms with Crippen LogP contribution in [0.3, 0.4) is 0 Å². The minimum Gasteiger partial charge on any atom is -0.439 e. The van der Waals surface area contributed by atoms with Gasteiger partial charge in [0, 0.05) is 12.5 Å². The van der Waals surface area contributed by atoms with E-state index in [-0.39, 0.29) is 5.91 Å². The number of aromatic nitrogens is 1. The molecule has 0 saturated heterocycles. The first kappa shape index (κ1) is 14.6. The molecule has 0 spiro atoms. The van der Waals surface area contributed by atoms with E-state index in [9.17, 15) is 4.79 Å². The molecule has 0 atom stereocenters. The summed E-state index contributed by atoms with van der Waals surface area (Å²) in [5.74, 6) is 1.88. The van der Waals surface area contributed by atoms with Crippen LogP contribution in [0.2, 0.25) is 0 Å². The zero-order chi connectivity index (χ0) is 15.2. The van der Waals surface area contributed by atoms with Crippen LogP contribution >= 0.6 is 0 Å². The third-order valence-electron chi connectivity index (χ3n) is 3.93. The average molecular weight is 296 g/mol. The number of hydrogen-bond acceptors (Lipinski definition) is 3. The van der Waals surface area contributed by atoms with Crippen LogP contribution in [0.1, 0.15) is 32.1 Å². The van der Waals surface area contributed by atoms with Crippen LogP contribution in [0.5, 0.6) is 11.6 Å². The van der Waals surface area contributed by atoms with Crippen molar-refractivity contribution in [3.63, 3.8) is 0 Å². The van der Waals surface area contributed by atoms with Gasteiger partial charge in [0.25, 0.3) is 0 Å². The van der Waals surface area contributed by atoms with E-state index in [1.54, 1.807) is 12.3 Å². The van der Waals surface area contributed by atoms with Crippen molar-refractivity contribution in [2.45, 2.75) is 32.1 Å². The topological polar surface area (TPSA) is 51.2 Å². The Balaban J connectivity index is 1.53. The molecule has 0 bridgehead atoms. The van der Waals surface area contributed by atoms with Gasteiger partial charge in [0.05, 0.1) is 11.9 Å². The van der Waals surface area contributed by atoms with Gasteiger partial charge in [0.1, 0.15) is 5.75 Å². The molecule has 1 aliphatic carbocycles. The maximum Gasteiger partial charge on any atom is 0.224 e. The fourth-order valence-electron chi connectivity index (χ4n) is 2.81. The molecule has 0 radical (unpaired) electrons. The molecule has 1 heterocycles. The van der Waals surface area contributed by atoms with Crippen molar-refractivity contribution in [1.29, 1.82) is 0 Å². The monoisotopic (exact) mass is 296 g/mol. The molecule has 0 unspecified atom stereocenters. The molecule has 1 aromatic heterocycles. The lowest BCUT2D eigenvalue weighted by molar-refractivity contribution is -0.117. The highest BCUT2D eigenvalue weighted by Gasteiger charge is 2.18. The molecule has 4 nitrogen and oxygen atoms in total. The van der Waals surface area contributed by atoms with E-state index < -0.39 is 0 Å². The molecular weight excluding hydrogens is 276 g/mol. The normalized spacial score (nSPS) is 14.7. The first-order chi connectivity index (χ1) is 10.8. The Kier molecular flexibility index (Phi) is 4.68. The Hall–Kier alpha value is -2.36. The number of amides is 1. The maximum atomic E-state index is 12.0. The molecule has 0 aliphatic heterocycles. The molecule has 1 amide bonds. The summed E-state index contributed by atoms with van der Waals surface area (Å²) >= 11 is 0. The first-order valence-corrected chi connectivity index (χ1v) is 7.78. The Morgan fingerprint density at radius 1 is 1.14 bits per heavy atom. The molecule has 1 saturated carbocycles. The second kappa shape index (κ2) is 7.07. The minimum atomic E-state index is 0.0745. The van der Waals surface area contributed by atoms with Gasteiger partial charge < -0.3 is 10.1 Å². The Morgan fingerprint density at radius 2 is 1.91 bits per heavy atom. The molecule has 1 aliphatic rings. The SMILES string of the molecule is O=C(CC1CCCC1)Nc1ccc(Oc2ccccc2)nc1. The first-order valence-electron chi connectivity index (χ1n) is 7.78.